The molecule has 11 heteroatoms. The molecule has 1 aliphatic heterocycles. The number of benzene rings is 2. The average molecular weight is 487 g/mol. The Balaban J connectivity index is 1.38. The summed E-state index contributed by atoms with van der Waals surface area (Å²) in [4.78, 5) is 28.4. The number of nitrogens with zero attached hydrogens (tertiary/aromatic N) is 4. The first kappa shape index (κ1) is 24.1. The Hall–Kier alpha value is -4.02. The summed E-state index contributed by atoms with van der Waals surface area (Å²) < 4.78 is 53.0. The zero-order valence-electron chi connectivity index (χ0n) is 18.6. The van der Waals surface area contributed by atoms with Crippen molar-refractivity contribution in [3.8, 4) is 0 Å². The Kier molecular flexibility index (Phi) is 6.68. The van der Waals surface area contributed by atoms with Crippen molar-refractivity contribution >= 4 is 23.3 Å². The van der Waals surface area contributed by atoms with Crippen LogP contribution >= 0.6 is 0 Å². The van der Waals surface area contributed by atoms with Crippen molar-refractivity contribution in [1.82, 2.24) is 15.1 Å². The van der Waals surface area contributed by atoms with Crippen LogP contribution in [0.3, 0.4) is 0 Å². The highest BCUT2D eigenvalue weighted by Crippen LogP contribution is 2.32. The van der Waals surface area contributed by atoms with Crippen LogP contribution in [0.5, 0.6) is 0 Å². The summed E-state index contributed by atoms with van der Waals surface area (Å²) in [6.45, 7) is 2.76. The summed E-state index contributed by atoms with van der Waals surface area (Å²) in [7, 11) is 0. The van der Waals surface area contributed by atoms with E-state index in [-0.39, 0.29) is 24.3 Å². The summed E-state index contributed by atoms with van der Waals surface area (Å²) in [5, 5.41) is 10.7. The molecule has 1 saturated heterocycles. The van der Waals surface area contributed by atoms with Crippen LogP contribution in [0.25, 0.3) is 0 Å². The van der Waals surface area contributed by atoms with Crippen LogP contribution in [0.2, 0.25) is 0 Å². The van der Waals surface area contributed by atoms with Gasteiger partial charge in [-0.15, -0.1) is 10.2 Å². The van der Waals surface area contributed by atoms with Gasteiger partial charge < -0.3 is 15.1 Å². The average Bonchev–Trinajstić information content (AvgIpc) is 2.85. The predicted molar refractivity (Wildman–Crippen MR) is 121 cm³/mol. The van der Waals surface area contributed by atoms with E-state index in [1.807, 2.05) is 4.90 Å². The largest absolute Gasteiger partial charge is 0.417 e. The smallest absolute Gasteiger partial charge is 0.352 e. The van der Waals surface area contributed by atoms with Gasteiger partial charge in [0.25, 0.3) is 11.8 Å². The molecule has 3 aromatic rings. The molecule has 1 N–H and O–H groups in total. The van der Waals surface area contributed by atoms with E-state index in [0.29, 0.717) is 30.2 Å². The molecule has 2 amide bonds. The lowest BCUT2D eigenvalue weighted by atomic mass is 10.1. The van der Waals surface area contributed by atoms with Crippen LogP contribution in [-0.2, 0) is 6.18 Å². The van der Waals surface area contributed by atoms with E-state index in [2.05, 4.69) is 15.5 Å². The fourth-order valence-corrected chi connectivity index (χ4v) is 3.79. The standard InChI is InChI=1S/C24H21F4N5O2/c1-15-14-16(25)6-7-19(15)29-22(34)20-8-9-21(31-30-20)32-10-12-33(13-11-32)23(35)17-4-2-3-5-18(17)24(26,27)28/h2-9,14H,10-13H2,1H3,(H,29,34). The molecule has 2 aromatic carbocycles. The fourth-order valence-electron chi connectivity index (χ4n) is 3.79. The summed E-state index contributed by atoms with van der Waals surface area (Å²) in [5.74, 6) is -1.11. The molecule has 0 bridgehead atoms. The SMILES string of the molecule is Cc1cc(F)ccc1NC(=O)c1ccc(N2CCN(C(=O)c3ccccc3C(F)(F)F)CC2)nn1. The number of hydrogen-bond donors (Lipinski definition) is 1. The number of aryl methyl sites for hydroxylation is 1. The van der Waals surface area contributed by atoms with E-state index in [0.717, 1.165) is 6.07 Å². The zero-order valence-corrected chi connectivity index (χ0v) is 18.6. The second kappa shape index (κ2) is 9.69. The van der Waals surface area contributed by atoms with Crippen molar-refractivity contribution in [2.24, 2.45) is 0 Å². The lowest BCUT2D eigenvalue weighted by molar-refractivity contribution is -0.138. The molecule has 1 aliphatic rings. The molecule has 2 heterocycles. The monoisotopic (exact) mass is 487 g/mol. The summed E-state index contributed by atoms with van der Waals surface area (Å²) in [6, 6.07) is 11.8. The van der Waals surface area contributed by atoms with Gasteiger partial charge in [-0.05, 0) is 55.0 Å². The Morgan fingerprint density at radius 3 is 2.29 bits per heavy atom. The number of piperazine rings is 1. The van der Waals surface area contributed by atoms with Crippen molar-refractivity contribution in [2.45, 2.75) is 13.1 Å². The molecule has 0 radical (unpaired) electrons. The number of carbonyl (C=O) groups excluding carboxylic acids is 2. The molecule has 0 atom stereocenters. The second-order valence-corrected chi connectivity index (χ2v) is 8.01. The van der Waals surface area contributed by atoms with E-state index < -0.39 is 29.4 Å². The van der Waals surface area contributed by atoms with Gasteiger partial charge in [0, 0.05) is 31.9 Å². The third-order valence-electron chi connectivity index (χ3n) is 5.67. The van der Waals surface area contributed by atoms with Crippen LogP contribution in [0, 0.1) is 12.7 Å². The van der Waals surface area contributed by atoms with Crippen molar-refractivity contribution in [2.75, 3.05) is 36.4 Å². The number of halogens is 4. The molecule has 182 valence electrons. The van der Waals surface area contributed by atoms with Crippen LogP contribution in [0.1, 0.15) is 32.0 Å². The maximum Gasteiger partial charge on any atom is 0.417 e. The molecular weight excluding hydrogens is 466 g/mol. The molecule has 4 rings (SSSR count). The number of carbonyl (C=O) groups is 2. The van der Waals surface area contributed by atoms with Gasteiger partial charge in [0.2, 0.25) is 0 Å². The number of nitrogens with one attached hydrogen (secondary N) is 1. The minimum Gasteiger partial charge on any atom is -0.352 e. The number of anilines is 2. The highest BCUT2D eigenvalue weighted by molar-refractivity contribution is 6.03. The number of alkyl halides is 3. The summed E-state index contributed by atoms with van der Waals surface area (Å²) >= 11 is 0. The van der Waals surface area contributed by atoms with Crippen LogP contribution in [-0.4, -0.2) is 53.1 Å². The molecule has 7 nitrogen and oxygen atoms in total. The molecule has 1 fully saturated rings. The molecule has 0 spiro atoms. The van der Waals surface area contributed by atoms with Crippen molar-refractivity contribution < 1.29 is 27.2 Å². The Morgan fingerprint density at radius 2 is 1.66 bits per heavy atom. The highest BCUT2D eigenvalue weighted by atomic mass is 19.4. The van der Waals surface area contributed by atoms with Gasteiger partial charge in [-0.3, -0.25) is 9.59 Å². The first-order valence-electron chi connectivity index (χ1n) is 10.7. The Morgan fingerprint density at radius 1 is 0.943 bits per heavy atom. The third-order valence-corrected chi connectivity index (χ3v) is 5.67. The maximum atomic E-state index is 13.3. The molecule has 1 aromatic heterocycles. The zero-order chi connectivity index (χ0) is 25.2. The van der Waals surface area contributed by atoms with Crippen molar-refractivity contribution in [1.29, 1.82) is 0 Å². The maximum absolute atomic E-state index is 13.3. The van der Waals surface area contributed by atoms with Gasteiger partial charge in [0.15, 0.2) is 11.5 Å². The van der Waals surface area contributed by atoms with E-state index >= 15 is 0 Å². The van der Waals surface area contributed by atoms with Gasteiger partial charge in [-0.2, -0.15) is 13.2 Å². The van der Waals surface area contributed by atoms with E-state index in [9.17, 15) is 27.2 Å². The molecule has 0 saturated carbocycles. The Labute approximate surface area is 198 Å². The van der Waals surface area contributed by atoms with E-state index in [4.69, 9.17) is 0 Å². The first-order valence-corrected chi connectivity index (χ1v) is 10.7. The molecule has 0 aliphatic carbocycles. The van der Waals surface area contributed by atoms with Gasteiger partial charge in [0.1, 0.15) is 5.82 Å². The minimum absolute atomic E-state index is 0.0649. The number of hydrogen-bond acceptors (Lipinski definition) is 5. The lowest BCUT2D eigenvalue weighted by Crippen LogP contribution is -2.49. The van der Waals surface area contributed by atoms with Gasteiger partial charge in [-0.1, -0.05) is 12.1 Å². The van der Waals surface area contributed by atoms with Crippen LogP contribution < -0.4 is 10.2 Å². The second-order valence-electron chi connectivity index (χ2n) is 8.01. The number of aromatic nitrogens is 2. The molecular formula is C24H21F4N5O2. The Bertz CT molecular complexity index is 1240. The van der Waals surface area contributed by atoms with E-state index in [1.165, 1.54) is 47.4 Å². The van der Waals surface area contributed by atoms with E-state index in [1.54, 1.807) is 13.0 Å². The van der Waals surface area contributed by atoms with Gasteiger partial charge in [0.05, 0.1) is 11.1 Å². The van der Waals surface area contributed by atoms with Gasteiger partial charge >= 0.3 is 6.18 Å². The normalized spacial score (nSPS) is 14.1. The molecule has 35 heavy (non-hydrogen) atoms. The van der Waals surface area contributed by atoms with Crippen LogP contribution in [0.4, 0.5) is 29.1 Å². The fraction of sp³-hybridized carbons (Fsp3) is 0.250. The van der Waals surface area contributed by atoms with Crippen molar-refractivity contribution in [3.63, 3.8) is 0 Å². The highest BCUT2D eigenvalue weighted by Gasteiger charge is 2.36. The third kappa shape index (κ3) is 5.39. The topological polar surface area (TPSA) is 78.4 Å². The van der Waals surface area contributed by atoms with Crippen molar-refractivity contribution in [3.05, 3.63) is 82.8 Å². The summed E-state index contributed by atoms with van der Waals surface area (Å²) in [5.41, 5.74) is -0.249. The lowest BCUT2D eigenvalue weighted by Gasteiger charge is -2.35. The predicted octanol–water partition coefficient (Wildman–Crippen LogP) is 4.16. The van der Waals surface area contributed by atoms with Crippen LogP contribution in [0.15, 0.2) is 54.6 Å². The number of amides is 2. The van der Waals surface area contributed by atoms with Gasteiger partial charge in [-0.25, -0.2) is 4.39 Å². The quantitative estimate of drug-likeness (QED) is 0.560. The first-order chi connectivity index (χ1) is 16.6. The molecule has 0 unspecified atom stereocenters. The summed E-state index contributed by atoms with van der Waals surface area (Å²) in [6.07, 6.45) is -4.62. The number of rotatable bonds is 4. The minimum atomic E-state index is -4.62.